The summed E-state index contributed by atoms with van der Waals surface area (Å²) < 4.78 is 5.76. The molecule has 1 saturated heterocycles. The Morgan fingerprint density at radius 3 is 2.19 bits per heavy atom. The average molecular weight is 428 g/mol. The lowest BCUT2D eigenvalue weighted by Gasteiger charge is -2.31. The fourth-order valence-corrected chi connectivity index (χ4v) is 4.94. The van der Waals surface area contributed by atoms with Crippen LogP contribution < -0.4 is 0 Å². The molecule has 162 valence electrons. The highest BCUT2D eigenvalue weighted by atomic mass is 16.6. The number of likely N-dealkylation sites (tertiary alicyclic amines) is 1. The first-order valence-corrected chi connectivity index (χ1v) is 10.9. The smallest absolute Gasteiger partial charge is 0.409 e. The van der Waals surface area contributed by atoms with Crippen LogP contribution >= 0.6 is 0 Å². The Morgan fingerprint density at radius 1 is 0.938 bits per heavy atom. The standard InChI is InChI=1S/C26H24N2O4/c29-25(30)22-10-5-13-27-24(22)17-11-14-28(15-12-17)26(31)32-16-23-20-8-3-1-6-18(20)19-7-2-4-9-21(19)23/h1-10,13,17,23H,11-12,14-16H2,(H,29,30). The van der Waals surface area contributed by atoms with Crippen LogP contribution in [-0.2, 0) is 4.74 Å². The summed E-state index contributed by atoms with van der Waals surface area (Å²) in [6.45, 7) is 1.35. The summed E-state index contributed by atoms with van der Waals surface area (Å²) >= 11 is 0. The third-order valence-corrected chi connectivity index (χ3v) is 6.54. The number of hydrogen-bond acceptors (Lipinski definition) is 4. The molecule has 1 N–H and O–H groups in total. The van der Waals surface area contributed by atoms with Gasteiger partial charge in [0.2, 0.25) is 0 Å². The number of nitrogens with zero attached hydrogens (tertiary/aromatic N) is 2. The molecule has 0 radical (unpaired) electrons. The molecule has 3 aromatic rings. The van der Waals surface area contributed by atoms with Gasteiger partial charge in [-0.25, -0.2) is 9.59 Å². The van der Waals surface area contributed by atoms with Gasteiger partial charge in [0.1, 0.15) is 6.61 Å². The van der Waals surface area contributed by atoms with Gasteiger partial charge < -0.3 is 14.7 Å². The Bertz CT molecular complexity index is 1120. The molecule has 1 aliphatic heterocycles. The van der Waals surface area contributed by atoms with Gasteiger partial charge in [0.15, 0.2) is 0 Å². The summed E-state index contributed by atoms with van der Waals surface area (Å²) in [7, 11) is 0. The Morgan fingerprint density at radius 2 is 1.56 bits per heavy atom. The van der Waals surface area contributed by atoms with Crippen LogP contribution in [0, 0.1) is 0 Å². The zero-order valence-corrected chi connectivity index (χ0v) is 17.6. The molecule has 2 aromatic carbocycles. The molecule has 0 saturated carbocycles. The minimum atomic E-state index is -0.966. The molecule has 6 nitrogen and oxygen atoms in total. The highest BCUT2D eigenvalue weighted by Gasteiger charge is 2.31. The highest BCUT2D eigenvalue weighted by molar-refractivity contribution is 5.89. The van der Waals surface area contributed by atoms with Gasteiger partial charge in [-0.05, 0) is 47.2 Å². The minimum Gasteiger partial charge on any atom is -0.478 e. The summed E-state index contributed by atoms with van der Waals surface area (Å²) in [6, 6.07) is 19.8. The molecule has 1 aliphatic carbocycles. The number of piperidine rings is 1. The maximum Gasteiger partial charge on any atom is 0.409 e. The Kier molecular flexibility index (Phi) is 5.35. The van der Waals surface area contributed by atoms with Crippen LogP contribution in [0.1, 0.15) is 51.9 Å². The number of ether oxygens (including phenoxy) is 1. The van der Waals surface area contributed by atoms with Gasteiger partial charge in [0.05, 0.1) is 11.3 Å². The van der Waals surface area contributed by atoms with Crippen molar-refractivity contribution in [2.75, 3.05) is 19.7 Å². The lowest BCUT2D eigenvalue weighted by atomic mass is 9.90. The van der Waals surface area contributed by atoms with Crippen LogP contribution in [0.2, 0.25) is 0 Å². The van der Waals surface area contributed by atoms with Crippen LogP contribution in [0.15, 0.2) is 66.9 Å². The highest BCUT2D eigenvalue weighted by Crippen LogP contribution is 2.44. The fraction of sp³-hybridized carbons (Fsp3) is 0.269. The first-order valence-electron chi connectivity index (χ1n) is 10.9. The quantitative estimate of drug-likeness (QED) is 0.639. The van der Waals surface area contributed by atoms with E-state index in [4.69, 9.17) is 4.74 Å². The second-order valence-electron chi connectivity index (χ2n) is 8.31. The molecule has 0 unspecified atom stereocenters. The summed E-state index contributed by atoms with van der Waals surface area (Å²) in [6.07, 6.45) is 2.65. The van der Waals surface area contributed by atoms with Crippen molar-refractivity contribution in [3.63, 3.8) is 0 Å². The first-order chi connectivity index (χ1) is 15.6. The predicted octanol–water partition coefficient (Wildman–Crippen LogP) is 4.91. The van der Waals surface area contributed by atoms with Gasteiger partial charge in [-0.15, -0.1) is 0 Å². The van der Waals surface area contributed by atoms with E-state index in [-0.39, 0.29) is 23.5 Å². The molecule has 1 aromatic heterocycles. The number of amides is 1. The summed E-state index contributed by atoms with van der Waals surface area (Å²) in [5.74, 6) is -0.900. The van der Waals surface area contributed by atoms with Gasteiger partial charge in [-0.2, -0.15) is 0 Å². The van der Waals surface area contributed by atoms with Gasteiger partial charge >= 0.3 is 12.1 Å². The molecule has 1 fully saturated rings. The summed E-state index contributed by atoms with van der Waals surface area (Å²) in [5.41, 5.74) is 5.64. The number of aromatic nitrogens is 1. The molecule has 0 spiro atoms. The van der Waals surface area contributed by atoms with Crippen molar-refractivity contribution >= 4 is 12.1 Å². The maximum atomic E-state index is 12.8. The van der Waals surface area contributed by atoms with E-state index in [0.717, 1.165) is 0 Å². The van der Waals surface area contributed by atoms with Gasteiger partial charge in [0.25, 0.3) is 0 Å². The van der Waals surface area contributed by atoms with Crippen molar-refractivity contribution in [3.05, 3.63) is 89.2 Å². The minimum absolute atomic E-state index is 0.0277. The molecule has 0 bridgehead atoms. The van der Waals surface area contributed by atoms with E-state index in [9.17, 15) is 14.7 Å². The third kappa shape index (κ3) is 3.62. The van der Waals surface area contributed by atoms with E-state index >= 15 is 0 Å². The number of benzene rings is 2. The van der Waals surface area contributed by atoms with Gasteiger partial charge in [-0.1, -0.05) is 48.5 Å². The number of rotatable bonds is 4. The number of carbonyl (C=O) groups excluding carboxylic acids is 1. The molecule has 1 amide bonds. The summed E-state index contributed by atoms with van der Waals surface area (Å²) in [5, 5.41) is 9.43. The number of hydrogen-bond donors (Lipinski definition) is 1. The number of aromatic carboxylic acids is 1. The fourth-order valence-electron chi connectivity index (χ4n) is 4.94. The van der Waals surface area contributed by atoms with Crippen molar-refractivity contribution in [3.8, 4) is 11.1 Å². The largest absolute Gasteiger partial charge is 0.478 e. The Balaban J connectivity index is 1.23. The lowest BCUT2D eigenvalue weighted by molar-refractivity contribution is 0.0690. The van der Waals surface area contributed by atoms with Crippen molar-refractivity contribution in [1.29, 1.82) is 0 Å². The van der Waals surface area contributed by atoms with Crippen molar-refractivity contribution in [1.82, 2.24) is 9.88 Å². The van der Waals surface area contributed by atoms with Crippen LogP contribution in [0.3, 0.4) is 0 Å². The SMILES string of the molecule is O=C(O)c1cccnc1C1CCN(C(=O)OCC2c3ccccc3-c3ccccc32)CC1. The lowest BCUT2D eigenvalue weighted by Crippen LogP contribution is -2.39. The molecule has 0 atom stereocenters. The van der Waals surface area contributed by atoms with Crippen molar-refractivity contribution < 1.29 is 19.4 Å². The normalized spacial score (nSPS) is 15.8. The molecule has 32 heavy (non-hydrogen) atoms. The molecule has 2 aliphatic rings. The maximum absolute atomic E-state index is 12.8. The number of carbonyl (C=O) groups is 2. The van der Waals surface area contributed by atoms with E-state index in [1.54, 1.807) is 23.2 Å². The van der Waals surface area contributed by atoms with E-state index < -0.39 is 5.97 Å². The van der Waals surface area contributed by atoms with Crippen LogP contribution in [0.25, 0.3) is 11.1 Å². The monoisotopic (exact) mass is 428 g/mol. The number of pyridine rings is 1. The van der Waals surface area contributed by atoms with E-state index in [0.29, 0.717) is 38.2 Å². The summed E-state index contributed by atoms with van der Waals surface area (Å²) in [4.78, 5) is 30.3. The molecular weight excluding hydrogens is 404 g/mol. The van der Waals surface area contributed by atoms with E-state index in [1.807, 2.05) is 24.3 Å². The van der Waals surface area contributed by atoms with E-state index in [2.05, 4.69) is 29.2 Å². The second-order valence-corrected chi connectivity index (χ2v) is 8.31. The molecule has 6 heteroatoms. The van der Waals surface area contributed by atoms with Crippen molar-refractivity contribution in [2.45, 2.75) is 24.7 Å². The second kappa shape index (κ2) is 8.46. The zero-order chi connectivity index (χ0) is 22.1. The number of carboxylic acids is 1. The van der Waals surface area contributed by atoms with Crippen molar-refractivity contribution in [2.24, 2.45) is 0 Å². The average Bonchev–Trinajstić information content (AvgIpc) is 3.16. The topological polar surface area (TPSA) is 79.7 Å². The van der Waals surface area contributed by atoms with Gasteiger partial charge in [-0.3, -0.25) is 4.98 Å². The van der Waals surface area contributed by atoms with E-state index in [1.165, 1.54) is 22.3 Å². The zero-order valence-electron chi connectivity index (χ0n) is 17.6. The number of fused-ring (bicyclic) bond motifs is 3. The van der Waals surface area contributed by atoms with Crippen LogP contribution in [0.4, 0.5) is 4.79 Å². The predicted molar refractivity (Wildman–Crippen MR) is 120 cm³/mol. The molecule has 5 rings (SSSR count). The van der Waals surface area contributed by atoms with Gasteiger partial charge in [0, 0.05) is 31.1 Å². The number of carboxylic acid groups (broad SMARTS) is 1. The third-order valence-electron chi connectivity index (χ3n) is 6.54. The Hall–Kier alpha value is -3.67. The first kappa shape index (κ1) is 20.2. The van der Waals surface area contributed by atoms with Crippen LogP contribution in [0.5, 0.6) is 0 Å². The molecular formula is C26H24N2O4. The molecule has 2 heterocycles. The van der Waals surface area contributed by atoms with Crippen LogP contribution in [-0.4, -0.2) is 46.7 Å². The Labute approximate surface area is 186 Å².